The highest BCUT2D eigenvalue weighted by Gasteiger charge is 2.25. The van der Waals surface area contributed by atoms with Crippen LogP contribution in [0.2, 0.25) is 0 Å². The first-order chi connectivity index (χ1) is 9.05. The molecule has 0 saturated carbocycles. The molecule has 0 bridgehead atoms. The minimum absolute atomic E-state index is 0.145. The van der Waals surface area contributed by atoms with Crippen molar-refractivity contribution in [3.05, 3.63) is 0 Å². The van der Waals surface area contributed by atoms with Gasteiger partial charge in [0.1, 0.15) is 0 Å². The lowest BCUT2D eigenvalue weighted by Gasteiger charge is -2.15. The van der Waals surface area contributed by atoms with Gasteiger partial charge in [-0.05, 0) is 6.42 Å². The van der Waals surface area contributed by atoms with Crippen LogP contribution in [0.5, 0.6) is 0 Å². The average molecular weight is 332 g/mol. The number of carbonyl (C=O) groups excluding carboxylic acids is 1. The van der Waals surface area contributed by atoms with Crippen molar-refractivity contribution in [2.75, 3.05) is 25.7 Å². The molecule has 0 aliphatic rings. The largest absolute Gasteiger partial charge is 0.464 e. The molecular formula is C10H20O8S2. The average Bonchev–Trinajstić information content (AvgIpc) is 2.24. The molecule has 0 aromatic heterocycles. The van der Waals surface area contributed by atoms with E-state index in [1.165, 1.54) is 0 Å². The Morgan fingerprint density at radius 1 is 1.05 bits per heavy atom. The van der Waals surface area contributed by atoms with Crippen molar-refractivity contribution in [2.24, 2.45) is 0 Å². The molecule has 120 valence electrons. The molecule has 0 aliphatic heterocycles. The topological polar surface area (TPSA) is 113 Å². The Bertz CT molecular complexity index is 493. The van der Waals surface area contributed by atoms with Gasteiger partial charge in [0.25, 0.3) is 20.2 Å². The normalized spacial score (nSPS) is 13.9. The third kappa shape index (κ3) is 11.1. The van der Waals surface area contributed by atoms with Gasteiger partial charge in [-0.2, -0.15) is 16.8 Å². The molecule has 0 saturated heterocycles. The van der Waals surface area contributed by atoms with Crippen LogP contribution in [0.15, 0.2) is 0 Å². The first-order valence-corrected chi connectivity index (χ1v) is 9.57. The van der Waals surface area contributed by atoms with E-state index in [1.54, 1.807) is 0 Å². The van der Waals surface area contributed by atoms with Crippen LogP contribution < -0.4 is 0 Å². The fourth-order valence-corrected chi connectivity index (χ4v) is 2.13. The lowest BCUT2D eigenvalue weighted by atomic mass is 10.3. The highest BCUT2D eigenvalue weighted by Crippen LogP contribution is 2.07. The second kappa shape index (κ2) is 8.55. The zero-order valence-corrected chi connectivity index (χ0v) is 13.3. The van der Waals surface area contributed by atoms with Crippen LogP contribution in [0.3, 0.4) is 0 Å². The molecule has 8 nitrogen and oxygen atoms in total. The molecule has 0 aliphatic carbocycles. The maximum atomic E-state index is 11.6. The van der Waals surface area contributed by atoms with E-state index in [2.05, 4.69) is 8.37 Å². The number of ether oxygens (including phenoxy) is 1. The van der Waals surface area contributed by atoms with E-state index in [1.807, 2.05) is 6.92 Å². The first-order valence-electron chi connectivity index (χ1n) is 5.94. The third-order valence-electron chi connectivity index (χ3n) is 1.97. The zero-order chi connectivity index (χ0) is 15.8. The van der Waals surface area contributed by atoms with Gasteiger partial charge in [0.2, 0.25) is 0 Å². The Labute approximate surface area is 119 Å². The molecular weight excluding hydrogens is 312 g/mol. The Morgan fingerprint density at radius 3 is 2.10 bits per heavy atom. The molecule has 0 radical (unpaired) electrons. The molecule has 1 atom stereocenters. The van der Waals surface area contributed by atoms with E-state index in [-0.39, 0.29) is 19.6 Å². The van der Waals surface area contributed by atoms with Gasteiger partial charge in [0, 0.05) is 6.42 Å². The summed E-state index contributed by atoms with van der Waals surface area (Å²) in [7, 11) is -7.54. The van der Waals surface area contributed by atoms with Crippen molar-refractivity contribution < 1.29 is 34.7 Å². The second-order valence-corrected chi connectivity index (χ2v) is 7.37. The molecule has 0 heterocycles. The van der Waals surface area contributed by atoms with Crippen LogP contribution in [-0.4, -0.2) is 54.6 Å². The number of esters is 1. The van der Waals surface area contributed by atoms with Gasteiger partial charge in [0.05, 0.1) is 25.7 Å². The second-order valence-electron chi connectivity index (χ2n) is 4.12. The predicted molar refractivity (Wildman–Crippen MR) is 71.0 cm³/mol. The maximum Gasteiger partial charge on any atom is 0.336 e. The smallest absolute Gasteiger partial charge is 0.336 e. The van der Waals surface area contributed by atoms with Crippen molar-refractivity contribution >= 4 is 26.2 Å². The summed E-state index contributed by atoms with van der Waals surface area (Å²) < 4.78 is 57.5. The van der Waals surface area contributed by atoms with E-state index in [4.69, 9.17) is 4.74 Å². The van der Waals surface area contributed by atoms with Crippen molar-refractivity contribution in [2.45, 2.75) is 32.3 Å². The van der Waals surface area contributed by atoms with E-state index in [9.17, 15) is 21.6 Å². The van der Waals surface area contributed by atoms with Crippen LogP contribution in [0.25, 0.3) is 0 Å². The molecule has 0 amide bonds. The van der Waals surface area contributed by atoms with Crippen molar-refractivity contribution in [3.8, 4) is 0 Å². The quantitative estimate of drug-likeness (QED) is 0.313. The molecule has 0 aromatic carbocycles. The lowest BCUT2D eigenvalue weighted by molar-refractivity contribution is -0.152. The minimum atomic E-state index is -3.87. The van der Waals surface area contributed by atoms with Crippen LogP contribution in [0.1, 0.15) is 26.2 Å². The summed E-state index contributed by atoms with van der Waals surface area (Å²) in [6.45, 7) is 1.67. The SMILES string of the molecule is CCCCOC(=O)C(CCOS(C)(=O)=O)OS(C)(=O)=O. The summed E-state index contributed by atoms with van der Waals surface area (Å²) in [6, 6.07) is 0. The van der Waals surface area contributed by atoms with Gasteiger partial charge < -0.3 is 4.74 Å². The Balaban J connectivity index is 4.52. The Kier molecular flexibility index (Phi) is 8.25. The van der Waals surface area contributed by atoms with Gasteiger partial charge >= 0.3 is 5.97 Å². The standard InChI is InChI=1S/C10H20O8S2/c1-4-5-7-16-10(11)9(18-20(3,14)15)6-8-17-19(2,12)13/h9H,4-8H2,1-3H3. The van der Waals surface area contributed by atoms with Crippen LogP contribution in [-0.2, 0) is 38.1 Å². The predicted octanol–water partition coefficient (Wildman–Crippen LogP) is 0.0408. The summed E-state index contributed by atoms with van der Waals surface area (Å²) in [5.41, 5.74) is 0. The van der Waals surface area contributed by atoms with Gasteiger partial charge in [-0.15, -0.1) is 0 Å². The molecule has 0 rings (SSSR count). The first kappa shape index (κ1) is 19.3. The number of hydrogen-bond donors (Lipinski definition) is 0. The number of carbonyl (C=O) groups is 1. The minimum Gasteiger partial charge on any atom is -0.464 e. The van der Waals surface area contributed by atoms with Gasteiger partial charge in [0.15, 0.2) is 6.10 Å². The van der Waals surface area contributed by atoms with E-state index in [0.29, 0.717) is 6.42 Å². The molecule has 0 aromatic rings. The highest BCUT2D eigenvalue weighted by atomic mass is 32.2. The summed E-state index contributed by atoms with van der Waals surface area (Å²) in [5, 5.41) is 0. The summed E-state index contributed by atoms with van der Waals surface area (Å²) in [5.74, 6) is -0.860. The summed E-state index contributed by atoms with van der Waals surface area (Å²) >= 11 is 0. The number of hydrogen-bond acceptors (Lipinski definition) is 8. The zero-order valence-electron chi connectivity index (χ0n) is 11.7. The van der Waals surface area contributed by atoms with Crippen LogP contribution in [0.4, 0.5) is 0 Å². The van der Waals surface area contributed by atoms with Crippen molar-refractivity contribution in [1.82, 2.24) is 0 Å². The van der Waals surface area contributed by atoms with Crippen LogP contribution >= 0.6 is 0 Å². The third-order valence-corrected chi connectivity index (χ3v) is 3.15. The fraction of sp³-hybridized carbons (Fsp3) is 0.900. The van der Waals surface area contributed by atoms with E-state index in [0.717, 1.165) is 18.9 Å². The van der Waals surface area contributed by atoms with E-state index < -0.39 is 32.3 Å². The van der Waals surface area contributed by atoms with Crippen molar-refractivity contribution in [3.63, 3.8) is 0 Å². The lowest BCUT2D eigenvalue weighted by Crippen LogP contribution is -2.30. The molecule has 20 heavy (non-hydrogen) atoms. The Morgan fingerprint density at radius 2 is 1.65 bits per heavy atom. The number of rotatable bonds is 10. The Hall–Kier alpha value is -0.710. The molecule has 10 heteroatoms. The summed E-state index contributed by atoms with van der Waals surface area (Å²) in [6.07, 6.45) is 1.42. The molecule has 1 unspecified atom stereocenters. The monoisotopic (exact) mass is 332 g/mol. The molecule has 0 N–H and O–H groups in total. The molecule has 0 fully saturated rings. The maximum absolute atomic E-state index is 11.6. The van der Waals surface area contributed by atoms with Gasteiger partial charge in [-0.3, -0.25) is 8.37 Å². The van der Waals surface area contributed by atoms with Crippen molar-refractivity contribution in [1.29, 1.82) is 0 Å². The van der Waals surface area contributed by atoms with Crippen LogP contribution in [0, 0.1) is 0 Å². The highest BCUT2D eigenvalue weighted by molar-refractivity contribution is 7.86. The van der Waals surface area contributed by atoms with Gasteiger partial charge in [-0.25, -0.2) is 4.79 Å². The van der Waals surface area contributed by atoms with E-state index >= 15 is 0 Å². The number of unbranched alkanes of at least 4 members (excludes halogenated alkanes) is 1. The summed E-state index contributed by atoms with van der Waals surface area (Å²) in [4.78, 5) is 11.6. The fourth-order valence-electron chi connectivity index (χ4n) is 1.13. The molecule has 0 spiro atoms. The van der Waals surface area contributed by atoms with Gasteiger partial charge in [-0.1, -0.05) is 13.3 Å².